The van der Waals surface area contributed by atoms with Crippen LogP contribution in [-0.2, 0) is 9.53 Å². The summed E-state index contributed by atoms with van der Waals surface area (Å²) < 4.78 is 18.6. The summed E-state index contributed by atoms with van der Waals surface area (Å²) in [6, 6.07) is 0. The van der Waals surface area contributed by atoms with E-state index in [1.807, 2.05) is 0 Å². The number of likely N-dealkylation sites (tertiary alicyclic amines) is 1. The first-order valence-electron chi connectivity index (χ1n) is 5.97. The Bertz CT molecular complexity index is 265. The number of carboxylic acids is 1. The second kappa shape index (κ2) is 5.78. The summed E-state index contributed by atoms with van der Waals surface area (Å²) in [7, 11) is 0. The van der Waals surface area contributed by atoms with Crippen molar-refractivity contribution in [3.8, 4) is 0 Å². The van der Waals surface area contributed by atoms with Gasteiger partial charge in [-0.25, -0.2) is 9.18 Å². The van der Waals surface area contributed by atoms with Crippen LogP contribution < -0.4 is 0 Å². The molecule has 1 heterocycles. The molecule has 2 atom stereocenters. The Labute approximate surface area is 102 Å². The van der Waals surface area contributed by atoms with Crippen LogP contribution in [0.4, 0.5) is 4.39 Å². The highest BCUT2D eigenvalue weighted by Crippen LogP contribution is 2.25. The molecule has 17 heavy (non-hydrogen) atoms. The number of aliphatic carboxylic acids is 1. The predicted molar refractivity (Wildman–Crippen MR) is 62.8 cm³/mol. The average molecular weight is 247 g/mol. The van der Waals surface area contributed by atoms with Crippen LogP contribution in [0.3, 0.4) is 0 Å². The highest BCUT2D eigenvalue weighted by molar-refractivity contribution is 5.67. The van der Waals surface area contributed by atoms with Crippen LogP contribution in [0.5, 0.6) is 0 Å². The van der Waals surface area contributed by atoms with Gasteiger partial charge >= 0.3 is 5.97 Å². The van der Waals surface area contributed by atoms with Crippen LogP contribution in [-0.4, -0.2) is 54.0 Å². The molecule has 0 aliphatic carbocycles. The van der Waals surface area contributed by atoms with E-state index < -0.39 is 12.1 Å². The molecule has 0 spiro atoms. The highest BCUT2D eigenvalue weighted by atomic mass is 19.1. The Kier molecular flexibility index (Phi) is 4.89. The normalized spacial score (nSPS) is 27.1. The van der Waals surface area contributed by atoms with Crippen LogP contribution in [0, 0.1) is 5.92 Å². The van der Waals surface area contributed by atoms with Gasteiger partial charge in [0.05, 0.1) is 6.61 Å². The molecule has 1 N–H and O–H groups in total. The summed E-state index contributed by atoms with van der Waals surface area (Å²) in [4.78, 5) is 12.4. The van der Waals surface area contributed by atoms with Crippen molar-refractivity contribution in [2.24, 2.45) is 5.92 Å². The summed E-state index contributed by atoms with van der Waals surface area (Å²) in [6.45, 7) is 7.41. The maximum atomic E-state index is 13.6. The van der Waals surface area contributed by atoms with Crippen LogP contribution in [0.1, 0.15) is 27.2 Å². The van der Waals surface area contributed by atoms with Gasteiger partial charge in [-0.05, 0) is 33.1 Å². The third-order valence-corrected chi connectivity index (χ3v) is 3.01. The van der Waals surface area contributed by atoms with Crippen molar-refractivity contribution in [2.75, 3.05) is 26.3 Å². The van der Waals surface area contributed by atoms with Gasteiger partial charge in [-0.15, -0.1) is 0 Å². The van der Waals surface area contributed by atoms with Gasteiger partial charge in [0, 0.05) is 18.6 Å². The van der Waals surface area contributed by atoms with Gasteiger partial charge in [-0.3, -0.25) is 4.90 Å². The van der Waals surface area contributed by atoms with E-state index in [-0.39, 0.29) is 18.1 Å². The number of halogens is 1. The SMILES string of the molecule is CC(C)(C)N1CC(F)CC(COCC(=O)O)C1. The zero-order valence-corrected chi connectivity index (χ0v) is 10.8. The van der Waals surface area contributed by atoms with E-state index in [1.165, 1.54) is 0 Å². The summed E-state index contributed by atoms with van der Waals surface area (Å²) in [5.41, 5.74) is -0.0597. The molecule has 1 aliphatic heterocycles. The Morgan fingerprint density at radius 2 is 2.12 bits per heavy atom. The van der Waals surface area contributed by atoms with Gasteiger partial charge in [-0.2, -0.15) is 0 Å². The standard InChI is InChI=1S/C12H22FNO3/c1-12(2,3)14-5-9(4-10(13)6-14)7-17-8-11(15)16/h9-10H,4-8H2,1-3H3,(H,15,16). The maximum absolute atomic E-state index is 13.6. The van der Waals surface area contributed by atoms with E-state index in [4.69, 9.17) is 9.84 Å². The minimum absolute atomic E-state index is 0.0597. The second-order valence-electron chi connectivity index (χ2n) is 5.68. The smallest absolute Gasteiger partial charge is 0.329 e. The molecule has 1 aliphatic rings. The zero-order valence-electron chi connectivity index (χ0n) is 10.8. The number of hydrogen-bond donors (Lipinski definition) is 1. The number of piperidine rings is 1. The number of nitrogens with zero attached hydrogens (tertiary/aromatic N) is 1. The molecule has 0 bridgehead atoms. The van der Waals surface area contributed by atoms with Gasteiger partial charge in [0.15, 0.2) is 0 Å². The molecule has 100 valence electrons. The molecule has 0 radical (unpaired) electrons. The molecule has 0 amide bonds. The topological polar surface area (TPSA) is 49.8 Å². The van der Waals surface area contributed by atoms with Gasteiger partial charge in [0.25, 0.3) is 0 Å². The van der Waals surface area contributed by atoms with Crippen LogP contribution in [0.15, 0.2) is 0 Å². The number of alkyl halides is 1. The van der Waals surface area contributed by atoms with E-state index in [0.717, 1.165) is 6.54 Å². The number of rotatable bonds is 4. The number of carboxylic acid groups (broad SMARTS) is 1. The third kappa shape index (κ3) is 5.00. The first-order valence-corrected chi connectivity index (χ1v) is 5.97. The Morgan fingerprint density at radius 3 is 2.65 bits per heavy atom. The first-order chi connectivity index (χ1) is 7.79. The molecule has 0 saturated carbocycles. The lowest BCUT2D eigenvalue weighted by molar-refractivity contribution is -0.143. The molecule has 0 aromatic carbocycles. The minimum atomic E-state index is -0.981. The fraction of sp³-hybridized carbons (Fsp3) is 0.917. The fourth-order valence-corrected chi connectivity index (χ4v) is 2.12. The van der Waals surface area contributed by atoms with E-state index in [9.17, 15) is 9.18 Å². The van der Waals surface area contributed by atoms with Crippen LogP contribution in [0.2, 0.25) is 0 Å². The van der Waals surface area contributed by atoms with Crippen LogP contribution >= 0.6 is 0 Å². The van der Waals surface area contributed by atoms with Gasteiger partial charge in [-0.1, -0.05) is 0 Å². The largest absolute Gasteiger partial charge is 0.480 e. The molecule has 1 saturated heterocycles. The lowest BCUT2D eigenvalue weighted by atomic mass is 9.93. The summed E-state index contributed by atoms with van der Waals surface area (Å²) in [5, 5.41) is 8.47. The van der Waals surface area contributed by atoms with Gasteiger partial charge in [0.2, 0.25) is 0 Å². The number of carbonyl (C=O) groups is 1. The van der Waals surface area contributed by atoms with E-state index in [2.05, 4.69) is 25.7 Å². The molecule has 0 aromatic rings. The minimum Gasteiger partial charge on any atom is -0.480 e. The van der Waals surface area contributed by atoms with Crippen molar-refractivity contribution in [3.63, 3.8) is 0 Å². The summed E-state index contributed by atoms with van der Waals surface area (Å²) in [5.74, 6) is -0.900. The highest BCUT2D eigenvalue weighted by Gasteiger charge is 2.33. The lowest BCUT2D eigenvalue weighted by Crippen LogP contribution is -2.51. The molecule has 0 aromatic heterocycles. The van der Waals surface area contributed by atoms with Crippen molar-refractivity contribution in [1.82, 2.24) is 4.90 Å². The molecular weight excluding hydrogens is 225 g/mol. The third-order valence-electron chi connectivity index (χ3n) is 3.01. The van der Waals surface area contributed by atoms with Gasteiger partial charge < -0.3 is 9.84 Å². The molecule has 5 heteroatoms. The number of hydrogen-bond acceptors (Lipinski definition) is 3. The Balaban J connectivity index is 2.42. The quantitative estimate of drug-likeness (QED) is 0.819. The van der Waals surface area contributed by atoms with E-state index in [0.29, 0.717) is 19.6 Å². The van der Waals surface area contributed by atoms with Gasteiger partial charge in [0.1, 0.15) is 12.8 Å². The monoisotopic (exact) mass is 247 g/mol. The van der Waals surface area contributed by atoms with E-state index in [1.54, 1.807) is 0 Å². The Hall–Kier alpha value is -0.680. The van der Waals surface area contributed by atoms with Crippen LogP contribution in [0.25, 0.3) is 0 Å². The van der Waals surface area contributed by atoms with Crippen molar-refractivity contribution < 1.29 is 19.0 Å². The Morgan fingerprint density at radius 1 is 1.47 bits per heavy atom. The zero-order chi connectivity index (χ0) is 13.1. The summed E-state index contributed by atoms with van der Waals surface area (Å²) in [6.07, 6.45) is -0.381. The van der Waals surface area contributed by atoms with Crippen molar-refractivity contribution in [3.05, 3.63) is 0 Å². The molecule has 2 unspecified atom stereocenters. The first kappa shape index (κ1) is 14.4. The summed E-state index contributed by atoms with van der Waals surface area (Å²) >= 11 is 0. The molecule has 4 nitrogen and oxygen atoms in total. The maximum Gasteiger partial charge on any atom is 0.329 e. The fourth-order valence-electron chi connectivity index (χ4n) is 2.12. The average Bonchev–Trinajstić information content (AvgIpc) is 2.14. The van der Waals surface area contributed by atoms with Crippen molar-refractivity contribution >= 4 is 5.97 Å². The number of ether oxygens (including phenoxy) is 1. The lowest BCUT2D eigenvalue weighted by Gasteiger charge is -2.42. The molecule has 1 fully saturated rings. The van der Waals surface area contributed by atoms with Crippen molar-refractivity contribution in [1.29, 1.82) is 0 Å². The predicted octanol–water partition coefficient (Wildman–Crippen LogP) is 1.55. The molecular formula is C12H22FNO3. The second-order valence-corrected chi connectivity index (χ2v) is 5.68. The molecule has 1 rings (SSSR count). The van der Waals surface area contributed by atoms with Crippen molar-refractivity contribution in [2.45, 2.75) is 38.9 Å². The van der Waals surface area contributed by atoms with E-state index >= 15 is 0 Å².